The summed E-state index contributed by atoms with van der Waals surface area (Å²) in [7, 11) is 0. The average Bonchev–Trinajstić information content (AvgIpc) is 4.11. The van der Waals surface area contributed by atoms with Crippen molar-refractivity contribution in [2.75, 3.05) is 4.90 Å². The third-order valence-corrected chi connectivity index (χ3v) is 14.9. The first kappa shape index (κ1) is 35.5. The van der Waals surface area contributed by atoms with Gasteiger partial charge in [0.2, 0.25) is 5.89 Å². The lowest BCUT2D eigenvalue weighted by atomic mass is 9.70. The molecule has 298 valence electrons. The lowest BCUT2D eigenvalue weighted by Crippen LogP contribution is -2.25. The zero-order valence-electron chi connectivity index (χ0n) is 34.5. The van der Waals surface area contributed by atoms with Crippen LogP contribution in [0, 0.1) is 0 Å². The fraction of sp³-hybridized carbons (Fsp3) is 0.0167. The Morgan fingerprint density at radius 3 is 1.81 bits per heavy atom. The van der Waals surface area contributed by atoms with Gasteiger partial charge in [-0.05, 0) is 121 Å². The zero-order chi connectivity index (χ0) is 41.9. The standard InChI is InChI=1S/C60H36N2OS/c1-2-15-37(16-3-1)38-29-31-40(32-30-38)62(41-33-34-51-46(36-41)45-21-8-11-24-50(45)60(51)48-22-9-6-19-43(48)44-20-7-10-23-49(44)60)53-26-14-28-55-56(53)47-35-39-17-4-5-18-42(39)57(58(47)64-55)59-61-52-25-12-13-27-54(52)63-59/h1-36H. The number of nitrogens with zero attached hydrogens (tertiary/aromatic N) is 2. The fourth-order valence-corrected chi connectivity index (χ4v) is 12.3. The van der Waals surface area contributed by atoms with E-state index in [1.807, 2.05) is 35.6 Å². The van der Waals surface area contributed by atoms with Crippen LogP contribution in [-0.2, 0) is 5.41 Å². The monoisotopic (exact) mass is 832 g/mol. The second kappa shape index (κ2) is 13.5. The molecule has 3 nitrogen and oxygen atoms in total. The Morgan fingerprint density at radius 1 is 0.453 bits per heavy atom. The molecular formula is C60H36N2OS. The van der Waals surface area contributed by atoms with Crippen molar-refractivity contribution in [3.05, 3.63) is 241 Å². The maximum atomic E-state index is 6.57. The van der Waals surface area contributed by atoms with E-state index in [-0.39, 0.29) is 0 Å². The Bertz CT molecular complexity index is 3780. The second-order valence-electron chi connectivity index (χ2n) is 17.0. The zero-order valence-corrected chi connectivity index (χ0v) is 35.3. The van der Waals surface area contributed by atoms with Gasteiger partial charge in [-0.2, -0.15) is 0 Å². The molecule has 0 aliphatic heterocycles. The fourth-order valence-electron chi connectivity index (χ4n) is 11.1. The van der Waals surface area contributed by atoms with Crippen molar-refractivity contribution in [2.45, 2.75) is 5.41 Å². The van der Waals surface area contributed by atoms with Crippen molar-refractivity contribution in [3.8, 4) is 44.8 Å². The highest BCUT2D eigenvalue weighted by Crippen LogP contribution is 2.63. The minimum absolute atomic E-state index is 0.411. The van der Waals surface area contributed by atoms with Crippen molar-refractivity contribution in [1.82, 2.24) is 4.98 Å². The van der Waals surface area contributed by atoms with E-state index in [9.17, 15) is 0 Å². The molecule has 64 heavy (non-hydrogen) atoms. The van der Waals surface area contributed by atoms with Gasteiger partial charge in [0.1, 0.15) is 5.52 Å². The Kier molecular flexibility index (Phi) is 7.48. The summed E-state index contributed by atoms with van der Waals surface area (Å²) in [6.45, 7) is 0. The van der Waals surface area contributed by atoms with Crippen LogP contribution in [0.3, 0.4) is 0 Å². The van der Waals surface area contributed by atoms with Crippen LogP contribution in [0.4, 0.5) is 17.1 Å². The minimum atomic E-state index is -0.411. The van der Waals surface area contributed by atoms with Gasteiger partial charge in [-0.3, -0.25) is 0 Å². The predicted molar refractivity (Wildman–Crippen MR) is 266 cm³/mol. The highest BCUT2D eigenvalue weighted by atomic mass is 32.1. The Morgan fingerprint density at radius 2 is 1.06 bits per heavy atom. The third kappa shape index (κ3) is 4.89. The van der Waals surface area contributed by atoms with E-state index in [1.54, 1.807) is 0 Å². The van der Waals surface area contributed by atoms with Crippen LogP contribution in [0.5, 0.6) is 0 Å². The molecule has 0 bridgehead atoms. The first-order chi connectivity index (χ1) is 31.7. The summed E-state index contributed by atoms with van der Waals surface area (Å²) >= 11 is 1.81. The highest BCUT2D eigenvalue weighted by Gasteiger charge is 2.51. The molecule has 4 heteroatoms. The van der Waals surface area contributed by atoms with Gasteiger partial charge in [-0.15, -0.1) is 11.3 Å². The van der Waals surface area contributed by atoms with Crippen molar-refractivity contribution in [3.63, 3.8) is 0 Å². The van der Waals surface area contributed by atoms with Crippen LogP contribution >= 0.6 is 11.3 Å². The van der Waals surface area contributed by atoms with E-state index < -0.39 is 5.41 Å². The number of para-hydroxylation sites is 2. The van der Waals surface area contributed by atoms with Gasteiger partial charge in [-0.25, -0.2) is 4.98 Å². The van der Waals surface area contributed by atoms with Gasteiger partial charge in [0.05, 0.1) is 16.7 Å². The number of thiophene rings is 1. The number of rotatable bonds is 5. The normalized spacial score (nSPS) is 13.1. The SMILES string of the molecule is c1ccc(-c2ccc(N(c3ccc4c(c3)-c3ccccc3C43c4ccccc4-c4ccccc43)c3cccc4sc5c(-c6nc7ccccc7o6)c6ccccc6cc5c34)cc2)cc1. The Labute approximate surface area is 373 Å². The topological polar surface area (TPSA) is 29.3 Å². The maximum absolute atomic E-state index is 6.57. The van der Waals surface area contributed by atoms with E-state index in [0.29, 0.717) is 5.89 Å². The van der Waals surface area contributed by atoms with E-state index >= 15 is 0 Å². The van der Waals surface area contributed by atoms with Gasteiger partial charge in [0.25, 0.3) is 0 Å². The second-order valence-corrected chi connectivity index (χ2v) is 18.0. The number of anilines is 3. The summed E-state index contributed by atoms with van der Waals surface area (Å²) in [4.78, 5) is 7.55. The van der Waals surface area contributed by atoms with Gasteiger partial charge < -0.3 is 9.32 Å². The van der Waals surface area contributed by atoms with E-state index in [2.05, 4.69) is 199 Å². The molecule has 2 aliphatic rings. The molecule has 0 radical (unpaired) electrons. The van der Waals surface area contributed by atoms with Gasteiger partial charge in [0, 0.05) is 31.5 Å². The van der Waals surface area contributed by atoms with Crippen LogP contribution in [0.15, 0.2) is 223 Å². The van der Waals surface area contributed by atoms with E-state index in [1.165, 1.54) is 71.1 Å². The molecular weight excluding hydrogens is 797 g/mol. The summed E-state index contributed by atoms with van der Waals surface area (Å²) in [5.41, 5.74) is 18.5. The highest BCUT2D eigenvalue weighted by molar-refractivity contribution is 7.26. The van der Waals surface area contributed by atoms with Gasteiger partial charge >= 0.3 is 0 Å². The molecule has 14 rings (SSSR count). The van der Waals surface area contributed by atoms with Crippen LogP contribution in [0.1, 0.15) is 22.3 Å². The Hall–Kier alpha value is -8.05. The van der Waals surface area contributed by atoms with Crippen LogP contribution < -0.4 is 4.90 Å². The summed E-state index contributed by atoms with van der Waals surface area (Å²) in [6, 6.07) is 79.8. The summed E-state index contributed by atoms with van der Waals surface area (Å²) in [5, 5.41) is 4.66. The third-order valence-electron chi connectivity index (χ3n) is 13.7. The van der Waals surface area contributed by atoms with Crippen molar-refractivity contribution < 1.29 is 4.42 Å². The molecule has 0 saturated heterocycles. The molecule has 0 atom stereocenters. The molecule has 0 unspecified atom stereocenters. The van der Waals surface area contributed by atoms with Gasteiger partial charge in [-0.1, -0.05) is 164 Å². The first-order valence-electron chi connectivity index (χ1n) is 21.9. The largest absolute Gasteiger partial charge is 0.436 e. The van der Waals surface area contributed by atoms with Crippen LogP contribution in [0.25, 0.3) is 86.9 Å². The number of hydrogen-bond donors (Lipinski definition) is 0. The summed E-state index contributed by atoms with van der Waals surface area (Å²) in [5.74, 6) is 0.644. The maximum Gasteiger partial charge on any atom is 0.229 e. The molecule has 1 spiro atoms. The quantitative estimate of drug-likeness (QED) is 0.173. The number of benzene rings is 10. The lowest BCUT2D eigenvalue weighted by molar-refractivity contribution is 0.621. The molecule has 2 aliphatic carbocycles. The lowest BCUT2D eigenvalue weighted by Gasteiger charge is -2.31. The number of aromatic nitrogens is 1. The first-order valence-corrected chi connectivity index (χ1v) is 22.7. The Balaban J connectivity index is 1.04. The van der Waals surface area contributed by atoms with E-state index in [4.69, 9.17) is 9.40 Å². The minimum Gasteiger partial charge on any atom is -0.436 e. The molecule has 12 aromatic rings. The van der Waals surface area contributed by atoms with E-state index in [0.717, 1.165) is 49.2 Å². The summed E-state index contributed by atoms with van der Waals surface area (Å²) < 4.78 is 8.94. The number of fused-ring (bicyclic) bond motifs is 15. The molecule has 0 fully saturated rings. The van der Waals surface area contributed by atoms with Crippen molar-refractivity contribution in [2.24, 2.45) is 0 Å². The van der Waals surface area contributed by atoms with Gasteiger partial charge in [0.15, 0.2) is 5.58 Å². The molecule has 0 saturated carbocycles. The van der Waals surface area contributed by atoms with Crippen molar-refractivity contribution in [1.29, 1.82) is 0 Å². The summed E-state index contributed by atoms with van der Waals surface area (Å²) in [6.07, 6.45) is 0. The molecule has 10 aromatic carbocycles. The smallest absolute Gasteiger partial charge is 0.229 e. The van der Waals surface area contributed by atoms with Crippen molar-refractivity contribution >= 4 is 70.4 Å². The average molecular weight is 833 g/mol. The molecule has 2 aromatic heterocycles. The molecule has 2 heterocycles. The number of hydrogen-bond acceptors (Lipinski definition) is 4. The van der Waals surface area contributed by atoms with Crippen LogP contribution in [0.2, 0.25) is 0 Å². The number of oxazole rings is 1. The van der Waals surface area contributed by atoms with Crippen LogP contribution in [-0.4, -0.2) is 4.98 Å². The predicted octanol–water partition coefficient (Wildman–Crippen LogP) is 16.5. The molecule has 0 amide bonds. The molecule has 0 N–H and O–H groups in total.